The summed E-state index contributed by atoms with van der Waals surface area (Å²) in [6.45, 7) is 0. The number of hydrogen-bond donors (Lipinski definition) is 2. The Labute approximate surface area is 64.0 Å². The van der Waals surface area contributed by atoms with Crippen LogP contribution in [0.3, 0.4) is 0 Å². The van der Waals surface area contributed by atoms with E-state index in [1.165, 1.54) is 0 Å². The van der Waals surface area contributed by atoms with E-state index in [1.54, 1.807) is 11.8 Å². The first kappa shape index (κ1) is 7.88. The van der Waals surface area contributed by atoms with Gasteiger partial charge in [-0.2, -0.15) is 11.8 Å². The highest BCUT2D eigenvalue weighted by Crippen LogP contribution is 2.28. The van der Waals surface area contributed by atoms with Crippen molar-refractivity contribution in [3.05, 3.63) is 0 Å². The summed E-state index contributed by atoms with van der Waals surface area (Å²) >= 11 is 1.73. The summed E-state index contributed by atoms with van der Waals surface area (Å²) in [6, 6.07) is 0. The molecule has 1 atom stereocenters. The fourth-order valence-corrected chi connectivity index (χ4v) is 2.41. The second-order valence-corrected chi connectivity index (χ2v) is 3.84. The first-order valence-electron chi connectivity index (χ1n) is 3.21. The minimum Gasteiger partial charge on any atom is -0.481 e. The lowest BCUT2D eigenvalue weighted by molar-refractivity contribution is -0.138. The second kappa shape index (κ2) is 2.80. The molecule has 1 fully saturated rings. The molecule has 0 amide bonds. The predicted octanol–water partition coefficient (Wildman–Crippen LogP) is 0.295. The molecule has 3 nitrogen and oxygen atoms in total. The van der Waals surface area contributed by atoms with Crippen LogP contribution in [0, 0.1) is 0 Å². The number of carbonyl (C=O) groups is 1. The van der Waals surface area contributed by atoms with Gasteiger partial charge in [-0.1, -0.05) is 0 Å². The maximum absolute atomic E-state index is 10.3. The highest BCUT2D eigenvalue weighted by atomic mass is 32.2. The van der Waals surface area contributed by atoms with Crippen molar-refractivity contribution in [2.75, 3.05) is 11.5 Å². The van der Waals surface area contributed by atoms with Crippen LogP contribution in [0.25, 0.3) is 0 Å². The fourth-order valence-electron chi connectivity index (χ4n) is 1.06. The first-order chi connectivity index (χ1) is 4.62. The number of nitrogens with two attached hydrogens (primary N) is 1. The molecule has 0 radical (unpaired) electrons. The number of aliphatic carboxylic acids is 1. The zero-order valence-electron chi connectivity index (χ0n) is 5.67. The number of thioether (sulfide) groups is 1. The van der Waals surface area contributed by atoms with Gasteiger partial charge in [-0.05, 0) is 12.2 Å². The summed E-state index contributed by atoms with van der Waals surface area (Å²) in [5.74, 6) is 1.01. The van der Waals surface area contributed by atoms with Crippen LogP contribution in [0.5, 0.6) is 0 Å². The van der Waals surface area contributed by atoms with Crippen molar-refractivity contribution in [3.63, 3.8) is 0 Å². The van der Waals surface area contributed by atoms with E-state index >= 15 is 0 Å². The van der Waals surface area contributed by atoms with Gasteiger partial charge in [0.15, 0.2) is 0 Å². The lowest BCUT2D eigenvalue weighted by Gasteiger charge is -2.18. The molecule has 0 saturated carbocycles. The number of carboxylic acid groups (broad SMARTS) is 1. The van der Waals surface area contributed by atoms with Crippen molar-refractivity contribution in [1.82, 2.24) is 0 Å². The van der Waals surface area contributed by atoms with E-state index < -0.39 is 11.5 Å². The van der Waals surface area contributed by atoms with Crippen molar-refractivity contribution in [2.45, 2.75) is 18.4 Å². The van der Waals surface area contributed by atoms with E-state index in [-0.39, 0.29) is 6.42 Å². The zero-order valence-corrected chi connectivity index (χ0v) is 6.49. The minimum atomic E-state index is -0.787. The molecule has 0 aromatic heterocycles. The van der Waals surface area contributed by atoms with Gasteiger partial charge in [0, 0.05) is 11.3 Å². The average Bonchev–Trinajstić information content (AvgIpc) is 2.12. The Morgan fingerprint density at radius 3 is 2.90 bits per heavy atom. The molecule has 0 unspecified atom stereocenters. The van der Waals surface area contributed by atoms with Crippen LogP contribution in [-0.4, -0.2) is 28.1 Å². The lowest BCUT2D eigenvalue weighted by Crippen LogP contribution is -2.41. The van der Waals surface area contributed by atoms with Crippen LogP contribution in [0.4, 0.5) is 0 Å². The molecule has 0 aromatic rings. The molecular formula is C6H11NO2S. The van der Waals surface area contributed by atoms with Crippen molar-refractivity contribution >= 4 is 17.7 Å². The van der Waals surface area contributed by atoms with Crippen LogP contribution >= 0.6 is 11.8 Å². The van der Waals surface area contributed by atoms with Gasteiger partial charge in [0.1, 0.15) is 0 Å². The van der Waals surface area contributed by atoms with E-state index in [1.807, 2.05) is 0 Å². The summed E-state index contributed by atoms with van der Waals surface area (Å²) in [5.41, 5.74) is 5.34. The van der Waals surface area contributed by atoms with E-state index in [2.05, 4.69) is 0 Å². The summed E-state index contributed by atoms with van der Waals surface area (Å²) < 4.78 is 0. The molecule has 0 aromatic carbocycles. The van der Waals surface area contributed by atoms with Gasteiger partial charge in [-0.25, -0.2) is 0 Å². The molecule has 0 spiro atoms. The standard InChI is InChI=1S/C6H11NO2S/c7-6(3-5(8)9)1-2-10-4-6/h1-4,7H2,(H,8,9)/t6-/m1/s1. The van der Waals surface area contributed by atoms with Crippen LogP contribution < -0.4 is 5.73 Å². The molecule has 1 saturated heterocycles. The van der Waals surface area contributed by atoms with Gasteiger partial charge >= 0.3 is 5.97 Å². The van der Waals surface area contributed by atoms with Gasteiger partial charge in [0.05, 0.1) is 6.42 Å². The molecule has 4 heteroatoms. The predicted molar refractivity (Wildman–Crippen MR) is 41.1 cm³/mol. The van der Waals surface area contributed by atoms with Gasteiger partial charge in [-0.15, -0.1) is 0 Å². The van der Waals surface area contributed by atoms with Crippen molar-refractivity contribution in [2.24, 2.45) is 5.73 Å². The highest BCUT2D eigenvalue weighted by Gasteiger charge is 2.31. The first-order valence-corrected chi connectivity index (χ1v) is 4.36. The number of hydrogen-bond acceptors (Lipinski definition) is 3. The Hall–Kier alpha value is -0.220. The van der Waals surface area contributed by atoms with E-state index in [0.717, 1.165) is 17.9 Å². The van der Waals surface area contributed by atoms with Gasteiger partial charge in [0.2, 0.25) is 0 Å². The Bertz CT molecular complexity index is 143. The van der Waals surface area contributed by atoms with Crippen molar-refractivity contribution in [3.8, 4) is 0 Å². The smallest absolute Gasteiger partial charge is 0.305 e. The van der Waals surface area contributed by atoms with Gasteiger partial charge in [0.25, 0.3) is 0 Å². The summed E-state index contributed by atoms with van der Waals surface area (Å²) in [5, 5.41) is 8.45. The van der Waals surface area contributed by atoms with Gasteiger partial charge < -0.3 is 10.8 Å². The third kappa shape index (κ3) is 1.88. The van der Waals surface area contributed by atoms with E-state index in [0.29, 0.717) is 0 Å². The lowest BCUT2D eigenvalue weighted by atomic mass is 9.96. The Balaban J connectivity index is 2.43. The van der Waals surface area contributed by atoms with E-state index in [9.17, 15) is 4.79 Å². The molecular weight excluding hydrogens is 150 g/mol. The maximum atomic E-state index is 10.3. The second-order valence-electron chi connectivity index (χ2n) is 2.74. The molecule has 0 aliphatic carbocycles. The zero-order chi connectivity index (χ0) is 7.61. The molecule has 1 aliphatic rings. The minimum absolute atomic E-state index is 0.111. The average molecular weight is 161 g/mol. The van der Waals surface area contributed by atoms with Crippen LogP contribution in [-0.2, 0) is 4.79 Å². The van der Waals surface area contributed by atoms with Crippen LogP contribution in [0.15, 0.2) is 0 Å². The third-order valence-electron chi connectivity index (χ3n) is 1.64. The summed E-state index contributed by atoms with van der Waals surface area (Å²) in [6.07, 6.45) is 0.948. The molecule has 10 heavy (non-hydrogen) atoms. The van der Waals surface area contributed by atoms with Crippen LogP contribution in [0.2, 0.25) is 0 Å². The summed E-state index contributed by atoms with van der Waals surface area (Å²) in [7, 11) is 0. The monoisotopic (exact) mass is 161 g/mol. The van der Waals surface area contributed by atoms with Crippen molar-refractivity contribution in [1.29, 1.82) is 0 Å². The maximum Gasteiger partial charge on any atom is 0.305 e. The highest BCUT2D eigenvalue weighted by molar-refractivity contribution is 7.99. The topological polar surface area (TPSA) is 63.3 Å². The normalized spacial score (nSPS) is 32.5. The molecule has 1 rings (SSSR count). The Morgan fingerprint density at radius 2 is 2.50 bits per heavy atom. The molecule has 58 valence electrons. The fraction of sp³-hybridized carbons (Fsp3) is 0.833. The SMILES string of the molecule is N[C@@]1(CC(=O)O)CCSC1. The Kier molecular flexibility index (Phi) is 2.21. The number of rotatable bonds is 2. The largest absolute Gasteiger partial charge is 0.481 e. The Morgan fingerprint density at radius 1 is 1.80 bits per heavy atom. The summed E-state index contributed by atoms with van der Waals surface area (Å²) in [4.78, 5) is 10.3. The van der Waals surface area contributed by atoms with Gasteiger partial charge in [-0.3, -0.25) is 4.79 Å². The third-order valence-corrected chi connectivity index (χ3v) is 2.91. The molecule has 3 N–H and O–H groups in total. The molecule has 0 bridgehead atoms. The van der Waals surface area contributed by atoms with Crippen LogP contribution in [0.1, 0.15) is 12.8 Å². The van der Waals surface area contributed by atoms with E-state index in [4.69, 9.17) is 10.8 Å². The number of carboxylic acids is 1. The molecule has 1 aliphatic heterocycles. The molecule has 1 heterocycles. The van der Waals surface area contributed by atoms with Crippen molar-refractivity contribution < 1.29 is 9.90 Å². The quantitative estimate of drug-likeness (QED) is 0.611.